The van der Waals surface area contributed by atoms with E-state index in [1.807, 2.05) is 6.07 Å². The molecule has 70 valence electrons. The molecule has 1 aliphatic heterocycles. The lowest BCUT2D eigenvalue weighted by Gasteiger charge is -2.28. The molecule has 1 aromatic carbocycles. The van der Waals surface area contributed by atoms with Crippen molar-refractivity contribution in [1.29, 1.82) is 0 Å². The first-order valence-electron chi connectivity index (χ1n) is 4.05. The van der Waals surface area contributed by atoms with Gasteiger partial charge in [-0.15, -0.1) is 0 Å². The predicted octanol–water partition coefficient (Wildman–Crippen LogP) is 2.86. The van der Waals surface area contributed by atoms with Gasteiger partial charge in [-0.3, -0.25) is 0 Å². The van der Waals surface area contributed by atoms with E-state index in [0.29, 0.717) is 6.04 Å². The molecule has 0 aromatic heterocycles. The van der Waals surface area contributed by atoms with Crippen LogP contribution in [-0.2, 0) is 4.74 Å². The lowest BCUT2D eigenvalue weighted by molar-refractivity contribution is 0.0211. The molecule has 0 bridgehead atoms. The van der Waals surface area contributed by atoms with Crippen LogP contribution in [0.15, 0.2) is 22.7 Å². The normalized spacial score (nSPS) is 16.8. The highest BCUT2D eigenvalue weighted by atomic mass is 127. The van der Waals surface area contributed by atoms with E-state index in [2.05, 4.69) is 56.0 Å². The Morgan fingerprint density at radius 2 is 2.23 bits per heavy atom. The van der Waals surface area contributed by atoms with E-state index >= 15 is 0 Å². The molecule has 1 aromatic rings. The first-order chi connectivity index (χ1) is 6.25. The fourth-order valence-electron chi connectivity index (χ4n) is 1.15. The number of hydrogen-bond acceptors (Lipinski definition) is 2. The quantitative estimate of drug-likeness (QED) is 0.825. The highest BCUT2D eigenvalue weighted by molar-refractivity contribution is 14.1. The number of benzene rings is 1. The molecule has 1 heterocycles. The average molecular weight is 354 g/mol. The maximum absolute atomic E-state index is 5.10. The second kappa shape index (κ2) is 4.14. The molecule has 0 atom stereocenters. The molecule has 1 saturated heterocycles. The summed E-state index contributed by atoms with van der Waals surface area (Å²) in [6.45, 7) is 1.65. The Hall–Kier alpha value is 0.190. The van der Waals surface area contributed by atoms with Crippen LogP contribution in [0.2, 0.25) is 0 Å². The van der Waals surface area contributed by atoms with Crippen molar-refractivity contribution in [2.75, 3.05) is 18.5 Å². The van der Waals surface area contributed by atoms with Crippen LogP contribution < -0.4 is 5.32 Å². The first-order valence-corrected chi connectivity index (χ1v) is 5.92. The summed E-state index contributed by atoms with van der Waals surface area (Å²) in [6, 6.07) is 6.73. The zero-order valence-electron chi connectivity index (χ0n) is 6.89. The maximum atomic E-state index is 5.10. The average Bonchev–Trinajstić information content (AvgIpc) is 1.99. The summed E-state index contributed by atoms with van der Waals surface area (Å²) in [7, 11) is 0. The SMILES string of the molecule is Brc1ccc(NC2COC2)c(I)c1. The molecule has 0 aliphatic carbocycles. The smallest absolute Gasteiger partial charge is 0.0729 e. The molecule has 4 heteroatoms. The minimum atomic E-state index is 0.495. The van der Waals surface area contributed by atoms with Gasteiger partial charge < -0.3 is 10.1 Å². The third kappa shape index (κ3) is 2.35. The predicted molar refractivity (Wildman–Crippen MR) is 65.1 cm³/mol. The largest absolute Gasteiger partial charge is 0.377 e. The van der Waals surface area contributed by atoms with Crippen LogP contribution in [0.1, 0.15) is 0 Å². The van der Waals surface area contributed by atoms with Crippen LogP contribution in [0.3, 0.4) is 0 Å². The van der Waals surface area contributed by atoms with Gasteiger partial charge in [0, 0.05) is 13.7 Å². The van der Waals surface area contributed by atoms with Gasteiger partial charge in [0.25, 0.3) is 0 Å². The zero-order chi connectivity index (χ0) is 9.26. The van der Waals surface area contributed by atoms with E-state index < -0.39 is 0 Å². The summed E-state index contributed by atoms with van der Waals surface area (Å²) in [5.41, 5.74) is 1.19. The van der Waals surface area contributed by atoms with Gasteiger partial charge >= 0.3 is 0 Å². The van der Waals surface area contributed by atoms with Crippen molar-refractivity contribution in [3.8, 4) is 0 Å². The summed E-state index contributed by atoms with van der Waals surface area (Å²) in [5, 5.41) is 3.42. The molecule has 1 N–H and O–H groups in total. The second-order valence-corrected chi connectivity index (χ2v) is 5.08. The lowest BCUT2D eigenvalue weighted by atomic mass is 10.2. The number of hydrogen-bond donors (Lipinski definition) is 1. The number of anilines is 1. The van der Waals surface area contributed by atoms with Crippen molar-refractivity contribution in [3.63, 3.8) is 0 Å². The fraction of sp³-hybridized carbons (Fsp3) is 0.333. The van der Waals surface area contributed by atoms with E-state index in [4.69, 9.17) is 4.74 Å². The van der Waals surface area contributed by atoms with Crippen LogP contribution in [0, 0.1) is 3.57 Å². The van der Waals surface area contributed by atoms with Gasteiger partial charge in [0.15, 0.2) is 0 Å². The van der Waals surface area contributed by atoms with Crippen LogP contribution in [-0.4, -0.2) is 19.3 Å². The van der Waals surface area contributed by atoms with Crippen LogP contribution in [0.4, 0.5) is 5.69 Å². The molecule has 0 radical (unpaired) electrons. The molecular weight excluding hydrogens is 345 g/mol. The molecule has 0 amide bonds. The van der Waals surface area contributed by atoms with Gasteiger partial charge in [-0.2, -0.15) is 0 Å². The molecule has 1 aliphatic rings. The van der Waals surface area contributed by atoms with Crippen LogP contribution in [0.5, 0.6) is 0 Å². The Morgan fingerprint density at radius 3 is 2.77 bits per heavy atom. The molecule has 1 fully saturated rings. The summed E-state index contributed by atoms with van der Waals surface area (Å²) in [5.74, 6) is 0. The summed E-state index contributed by atoms with van der Waals surface area (Å²) in [4.78, 5) is 0. The lowest BCUT2D eigenvalue weighted by Crippen LogP contribution is -2.40. The number of nitrogens with one attached hydrogen (secondary N) is 1. The van der Waals surface area contributed by atoms with E-state index in [1.165, 1.54) is 9.26 Å². The second-order valence-electron chi connectivity index (χ2n) is 3.00. The highest BCUT2D eigenvalue weighted by Gasteiger charge is 2.18. The standard InChI is InChI=1S/C9H9BrINO/c10-6-1-2-9(8(11)3-6)12-7-4-13-5-7/h1-3,7,12H,4-5H2. The van der Waals surface area contributed by atoms with Gasteiger partial charge in [0.1, 0.15) is 0 Å². The van der Waals surface area contributed by atoms with Gasteiger partial charge in [-0.1, -0.05) is 15.9 Å². The molecule has 2 rings (SSSR count). The van der Waals surface area contributed by atoms with E-state index in [1.54, 1.807) is 0 Å². The van der Waals surface area contributed by atoms with Crippen molar-refractivity contribution in [1.82, 2.24) is 0 Å². The maximum Gasteiger partial charge on any atom is 0.0729 e. The Balaban J connectivity index is 2.10. The van der Waals surface area contributed by atoms with Gasteiger partial charge in [-0.05, 0) is 40.8 Å². The zero-order valence-corrected chi connectivity index (χ0v) is 10.6. The third-order valence-corrected chi connectivity index (χ3v) is 3.31. The molecule has 0 saturated carbocycles. The van der Waals surface area contributed by atoms with Crippen molar-refractivity contribution >= 4 is 44.2 Å². The molecule has 0 unspecified atom stereocenters. The fourth-order valence-corrected chi connectivity index (χ4v) is 2.61. The molecular formula is C9H9BrINO. The van der Waals surface area contributed by atoms with Crippen molar-refractivity contribution in [2.24, 2.45) is 0 Å². The Kier molecular flexibility index (Phi) is 3.10. The number of rotatable bonds is 2. The monoisotopic (exact) mass is 353 g/mol. The van der Waals surface area contributed by atoms with Gasteiger partial charge in [-0.25, -0.2) is 0 Å². The van der Waals surface area contributed by atoms with Crippen LogP contribution >= 0.6 is 38.5 Å². The van der Waals surface area contributed by atoms with Crippen molar-refractivity contribution in [3.05, 3.63) is 26.2 Å². The topological polar surface area (TPSA) is 21.3 Å². The molecule has 2 nitrogen and oxygen atoms in total. The van der Waals surface area contributed by atoms with Crippen molar-refractivity contribution in [2.45, 2.75) is 6.04 Å². The molecule has 13 heavy (non-hydrogen) atoms. The summed E-state index contributed by atoms with van der Waals surface area (Å²) < 4.78 is 7.45. The highest BCUT2D eigenvalue weighted by Crippen LogP contribution is 2.24. The van der Waals surface area contributed by atoms with Crippen LogP contribution in [0.25, 0.3) is 0 Å². The van der Waals surface area contributed by atoms with Crippen molar-refractivity contribution < 1.29 is 4.74 Å². The first kappa shape index (κ1) is 9.73. The van der Waals surface area contributed by atoms with E-state index in [0.717, 1.165) is 17.7 Å². The van der Waals surface area contributed by atoms with E-state index in [9.17, 15) is 0 Å². The molecule has 0 spiro atoms. The minimum Gasteiger partial charge on any atom is -0.377 e. The Morgan fingerprint density at radius 1 is 1.46 bits per heavy atom. The van der Waals surface area contributed by atoms with Gasteiger partial charge in [0.2, 0.25) is 0 Å². The minimum absolute atomic E-state index is 0.495. The third-order valence-electron chi connectivity index (χ3n) is 1.93. The summed E-state index contributed by atoms with van der Waals surface area (Å²) in [6.07, 6.45) is 0. The number of halogens is 2. The summed E-state index contributed by atoms with van der Waals surface area (Å²) >= 11 is 5.76. The van der Waals surface area contributed by atoms with Gasteiger partial charge in [0.05, 0.1) is 19.3 Å². The number of ether oxygens (including phenoxy) is 1. The Bertz CT molecular complexity index is 314. The van der Waals surface area contributed by atoms with E-state index in [-0.39, 0.29) is 0 Å². The Labute approximate surface area is 99.3 Å².